The lowest BCUT2D eigenvalue weighted by atomic mass is 9.97. The molecular weight excluding hydrogens is 460 g/mol. The number of hydrogen-bond donors (Lipinski definition) is 2. The summed E-state index contributed by atoms with van der Waals surface area (Å²) in [4.78, 5) is 40.3. The summed E-state index contributed by atoms with van der Waals surface area (Å²) in [6.45, 7) is 6.09. The minimum absolute atomic E-state index is 0.360. The molecule has 0 aliphatic rings. The zero-order valence-electron chi connectivity index (χ0n) is 21.0. The molecule has 0 saturated carbocycles. The van der Waals surface area contributed by atoms with Gasteiger partial charge in [0.2, 0.25) is 5.91 Å². The van der Waals surface area contributed by atoms with Gasteiger partial charge in [-0.1, -0.05) is 24.1 Å². The topological polar surface area (TPSA) is 121 Å². The van der Waals surface area contributed by atoms with Gasteiger partial charge in [0.25, 0.3) is 5.91 Å². The van der Waals surface area contributed by atoms with Crippen molar-refractivity contribution in [1.82, 2.24) is 10.2 Å². The number of anilines is 1. The van der Waals surface area contributed by atoms with E-state index >= 15 is 0 Å². The first-order valence-electron chi connectivity index (χ1n) is 11.2. The second kappa shape index (κ2) is 12.3. The first kappa shape index (κ1) is 27.7. The molecule has 2 aromatic carbocycles. The number of nitriles is 1. The van der Waals surface area contributed by atoms with Gasteiger partial charge in [0.1, 0.15) is 30.0 Å². The molecule has 0 saturated heterocycles. The molecule has 36 heavy (non-hydrogen) atoms. The molecule has 9 heteroatoms. The molecule has 0 heterocycles. The molecule has 0 radical (unpaired) electrons. The maximum atomic E-state index is 13.6. The highest BCUT2D eigenvalue weighted by atomic mass is 16.6. The van der Waals surface area contributed by atoms with E-state index in [1.165, 1.54) is 14.0 Å². The number of amides is 3. The van der Waals surface area contributed by atoms with Crippen molar-refractivity contribution in [1.29, 1.82) is 5.26 Å². The summed E-state index contributed by atoms with van der Waals surface area (Å²) in [5.74, 6) is 1.88. The Morgan fingerprint density at radius 3 is 2.31 bits per heavy atom. The highest BCUT2D eigenvalue weighted by Gasteiger charge is 2.35. The zero-order valence-corrected chi connectivity index (χ0v) is 21.0. The maximum absolute atomic E-state index is 13.6. The van der Waals surface area contributed by atoms with Gasteiger partial charge in [-0.2, -0.15) is 5.26 Å². The Hall–Kier alpha value is -4.50. The molecule has 0 aliphatic heterocycles. The maximum Gasteiger partial charge on any atom is 0.408 e. The van der Waals surface area contributed by atoms with E-state index in [0.717, 1.165) is 4.90 Å². The number of nitrogens with one attached hydrogen (secondary N) is 2. The van der Waals surface area contributed by atoms with Crippen LogP contribution in [0.5, 0.6) is 5.75 Å². The normalized spacial score (nSPS) is 12.2. The van der Waals surface area contributed by atoms with Crippen LogP contribution in [-0.2, 0) is 14.3 Å². The van der Waals surface area contributed by atoms with E-state index in [1.807, 2.05) is 6.07 Å². The number of terminal acetylenes is 1. The number of carbonyl (C=O) groups excluding carboxylic acids is 3. The van der Waals surface area contributed by atoms with E-state index < -0.39 is 42.1 Å². The highest BCUT2D eigenvalue weighted by molar-refractivity contribution is 5.99. The van der Waals surface area contributed by atoms with E-state index in [4.69, 9.17) is 15.9 Å². The fraction of sp³-hybridized carbons (Fsp3) is 0.333. The molecule has 2 N–H and O–H groups in total. The number of methoxy groups -OCH3 is 1. The smallest absolute Gasteiger partial charge is 0.408 e. The van der Waals surface area contributed by atoms with Crippen LogP contribution in [-0.4, -0.2) is 48.1 Å². The summed E-state index contributed by atoms with van der Waals surface area (Å²) in [5.41, 5.74) is 0.425. The van der Waals surface area contributed by atoms with Crippen LogP contribution in [0.2, 0.25) is 0 Å². The Morgan fingerprint density at radius 2 is 1.75 bits per heavy atom. The van der Waals surface area contributed by atoms with Gasteiger partial charge >= 0.3 is 6.09 Å². The molecule has 0 spiro atoms. The summed E-state index contributed by atoms with van der Waals surface area (Å²) in [6, 6.07) is 12.9. The Labute approximate surface area is 211 Å². The lowest BCUT2D eigenvalue weighted by Gasteiger charge is -2.32. The molecule has 2 aromatic rings. The summed E-state index contributed by atoms with van der Waals surface area (Å²) >= 11 is 0. The SMILES string of the molecule is C#Cc1ccccc1C(C(=O)Nc1ccc(OC)cc1)N(CC#N)C(=O)C(C)NC(=O)OC(C)(C)C. The summed E-state index contributed by atoms with van der Waals surface area (Å²) in [6.07, 6.45) is 4.87. The van der Waals surface area contributed by atoms with Gasteiger partial charge in [-0.05, 0) is 63.6 Å². The Bertz CT molecular complexity index is 1170. The van der Waals surface area contributed by atoms with Gasteiger partial charge in [-0.15, -0.1) is 6.42 Å². The molecule has 0 aliphatic carbocycles. The molecule has 188 valence electrons. The second-order valence-corrected chi connectivity index (χ2v) is 8.84. The van der Waals surface area contributed by atoms with E-state index in [0.29, 0.717) is 22.6 Å². The third kappa shape index (κ3) is 7.51. The molecule has 0 fully saturated rings. The van der Waals surface area contributed by atoms with Crippen LogP contribution in [0, 0.1) is 23.7 Å². The predicted molar refractivity (Wildman–Crippen MR) is 135 cm³/mol. The first-order chi connectivity index (χ1) is 17.0. The van der Waals surface area contributed by atoms with Crippen LogP contribution in [0.25, 0.3) is 0 Å². The first-order valence-corrected chi connectivity index (χ1v) is 11.2. The van der Waals surface area contributed by atoms with Crippen LogP contribution in [0.3, 0.4) is 0 Å². The number of ether oxygens (including phenoxy) is 2. The monoisotopic (exact) mass is 490 g/mol. The summed E-state index contributed by atoms with van der Waals surface area (Å²) in [7, 11) is 1.53. The molecule has 2 rings (SSSR count). The third-order valence-electron chi connectivity index (χ3n) is 4.96. The van der Waals surface area contributed by atoms with Gasteiger partial charge in [-0.3, -0.25) is 9.59 Å². The number of benzene rings is 2. The predicted octanol–water partition coefficient (Wildman–Crippen LogP) is 3.62. The molecule has 2 unspecified atom stereocenters. The fourth-order valence-electron chi connectivity index (χ4n) is 3.37. The van der Waals surface area contributed by atoms with E-state index in [1.54, 1.807) is 69.3 Å². The van der Waals surface area contributed by atoms with Gasteiger partial charge in [0.05, 0.1) is 13.2 Å². The molecule has 3 amide bonds. The zero-order chi connectivity index (χ0) is 26.9. The van der Waals surface area contributed by atoms with E-state index in [9.17, 15) is 19.6 Å². The van der Waals surface area contributed by atoms with Crippen molar-refractivity contribution in [2.45, 2.75) is 45.4 Å². The van der Waals surface area contributed by atoms with Crippen molar-refractivity contribution in [3.8, 4) is 24.2 Å². The average Bonchev–Trinajstić information content (AvgIpc) is 2.82. The van der Waals surface area contributed by atoms with Crippen molar-refractivity contribution in [2.75, 3.05) is 19.0 Å². The van der Waals surface area contributed by atoms with Crippen LogP contribution in [0.4, 0.5) is 10.5 Å². The standard InChI is InChI=1S/C27H30N4O5/c1-7-19-10-8-9-11-22(19)23(24(32)30-20-12-14-21(35-6)15-13-20)31(17-16-28)25(33)18(2)29-26(34)36-27(3,4)5/h1,8-15,18,23H,17H2,2-6H3,(H,29,34)(H,30,32). The van der Waals surface area contributed by atoms with Crippen LogP contribution in [0.1, 0.15) is 44.9 Å². The quantitative estimate of drug-likeness (QED) is 0.431. The lowest BCUT2D eigenvalue weighted by Crippen LogP contribution is -2.51. The number of nitrogens with zero attached hydrogens (tertiary/aromatic N) is 2. The number of carbonyl (C=O) groups is 3. The average molecular weight is 491 g/mol. The fourth-order valence-corrected chi connectivity index (χ4v) is 3.37. The Morgan fingerprint density at radius 1 is 1.11 bits per heavy atom. The minimum atomic E-state index is -1.26. The summed E-state index contributed by atoms with van der Waals surface area (Å²) in [5, 5.41) is 14.7. The Kier molecular flexibility index (Phi) is 9.46. The van der Waals surface area contributed by atoms with Gasteiger partial charge in [-0.25, -0.2) is 4.79 Å². The molecule has 0 bridgehead atoms. The largest absolute Gasteiger partial charge is 0.497 e. The third-order valence-corrected chi connectivity index (χ3v) is 4.96. The van der Waals surface area contributed by atoms with Gasteiger partial charge in [0.15, 0.2) is 0 Å². The molecular formula is C27H30N4O5. The van der Waals surface area contributed by atoms with E-state index in [-0.39, 0.29) is 0 Å². The molecule has 9 nitrogen and oxygen atoms in total. The van der Waals surface area contributed by atoms with Crippen LogP contribution < -0.4 is 15.4 Å². The highest BCUT2D eigenvalue weighted by Crippen LogP contribution is 2.27. The van der Waals surface area contributed by atoms with E-state index in [2.05, 4.69) is 16.6 Å². The number of hydrogen-bond acceptors (Lipinski definition) is 6. The van der Waals surface area contributed by atoms with Crippen LogP contribution >= 0.6 is 0 Å². The minimum Gasteiger partial charge on any atom is -0.497 e. The van der Waals surface area contributed by atoms with Crippen molar-refractivity contribution in [3.63, 3.8) is 0 Å². The van der Waals surface area contributed by atoms with Crippen molar-refractivity contribution < 1.29 is 23.9 Å². The second-order valence-electron chi connectivity index (χ2n) is 8.84. The van der Waals surface area contributed by atoms with Gasteiger partial charge in [0, 0.05) is 11.3 Å². The molecule has 0 aromatic heterocycles. The van der Waals surface area contributed by atoms with Crippen molar-refractivity contribution in [3.05, 3.63) is 59.7 Å². The number of alkyl carbamates (subject to hydrolysis) is 1. The van der Waals surface area contributed by atoms with Gasteiger partial charge < -0.3 is 25.0 Å². The number of rotatable bonds is 8. The summed E-state index contributed by atoms with van der Waals surface area (Å²) < 4.78 is 10.4. The Balaban J connectivity index is 2.45. The molecule has 2 atom stereocenters. The van der Waals surface area contributed by atoms with Crippen molar-refractivity contribution in [2.24, 2.45) is 0 Å². The lowest BCUT2D eigenvalue weighted by molar-refractivity contribution is -0.139. The van der Waals surface area contributed by atoms with Crippen molar-refractivity contribution >= 4 is 23.6 Å². The van der Waals surface area contributed by atoms with Crippen LogP contribution in [0.15, 0.2) is 48.5 Å².